The summed E-state index contributed by atoms with van der Waals surface area (Å²) in [5.74, 6) is 0.0229. The van der Waals surface area contributed by atoms with Gasteiger partial charge in [0.15, 0.2) is 0 Å². The Morgan fingerprint density at radius 3 is 2.35 bits per heavy atom. The maximum absolute atomic E-state index is 12.1. The van der Waals surface area contributed by atoms with Crippen LogP contribution in [0.2, 0.25) is 5.02 Å². The molecule has 108 valence electrons. The molecule has 0 aliphatic heterocycles. The molecule has 0 saturated heterocycles. The third-order valence-electron chi connectivity index (χ3n) is 2.75. The van der Waals surface area contributed by atoms with Gasteiger partial charge in [0.25, 0.3) is 0 Å². The third kappa shape index (κ3) is 3.16. The molecular formula is C12H11ClF3N3O. The molecule has 0 amide bonds. The van der Waals surface area contributed by atoms with Crippen molar-refractivity contribution in [2.75, 3.05) is 5.73 Å². The Hall–Kier alpha value is -1.89. The minimum atomic E-state index is -4.70. The van der Waals surface area contributed by atoms with Gasteiger partial charge in [-0.25, -0.2) is 4.68 Å². The number of nitrogens with zero attached hydrogens (tertiary/aromatic N) is 2. The highest BCUT2D eigenvalue weighted by Gasteiger charge is 2.31. The van der Waals surface area contributed by atoms with E-state index in [2.05, 4.69) is 9.84 Å². The molecule has 1 aromatic heterocycles. The van der Waals surface area contributed by atoms with Crippen LogP contribution in [0.5, 0.6) is 5.75 Å². The lowest BCUT2D eigenvalue weighted by Crippen LogP contribution is -2.17. The van der Waals surface area contributed by atoms with E-state index in [-0.39, 0.29) is 11.8 Å². The predicted octanol–water partition coefficient (Wildman–Crippen LogP) is 3.63. The van der Waals surface area contributed by atoms with Crippen molar-refractivity contribution in [3.8, 4) is 5.75 Å². The lowest BCUT2D eigenvalue weighted by Gasteiger charge is -2.15. The molecule has 2 aromatic rings. The van der Waals surface area contributed by atoms with E-state index in [1.54, 1.807) is 6.92 Å². The van der Waals surface area contributed by atoms with Gasteiger partial charge in [0.1, 0.15) is 16.6 Å². The summed E-state index contributed by atoms with van der Waals surface area (Å²) in [5.41, 5.74) is 6.48. The molecule has 0 spiro atoms. The van der Waals surface area contributed by atoms with Crippen LogP contribution >= 0.6 is 11.6 Å². The summed E-state index contributed by atoms with van der Waals surface area (Å²) in [6.45, 7) is 1.80. The first-order chi connectivity index (χ1) is 9.28. The molecule has 0 fully saturated rings. The molecule has 1 atom stereocenters. The van der Waals surface area contributed by atoms with Gasteiger partial charge >= 0.3 is 6.36 Å². The fraction of sp³-hybridized carbons (Fsp3) is 0.250. The maximum atomic E-state index is 12.1. The fourth-order valence-electron chi connectivity index (χ4n) is 1.75. The fourth-order valence-corrected chi connectivity index (χ4v) is 1.88. The van der Waals surface area contributed by atoms with E-state index in [0.717, 1.165) is 5.56 Å². The number of benzene rings is 1. The molecule has 8 heteroatoms. The monoisotopic (exact) mass is 305 g/mol. The van der Waals surface area contributed by atoms with Gasteiger partial charge in [-0.05, 0) is 24.6 Å². The lowest BCUT2D eigenvalue weighted by molar-refractivity contribution is -0.274. The van der Waals surface area contributed by atoms with Crippen LogP contribution in [-0.4, -0.2) is 16.1 Å². The van der Waals surface area contributed by atoms with Gasteiger partial charge in [0, 0.05) is 0 Å². The number of nitrogens with two attached hydrogens (primary N) is 1. The van der Waals surface area contributed by atoms with Crippen molar-refractivity contribution < 1.29 is 17.9 Å². The Balaban J connectivity index is 2.20. The molecule has 4 nitrogen and oxygen atoms in total. The highest BCUT2D eigenvalue weighted by Crippen LogP contribution is 2.28. The number of nitrogen functional groups attached to an aromatic ring is 1. The van der Waals surface area contributed by atoms with Gasteiger partial charge in [-0.15, -0.1) is 13.2 Å². The van der Waals surface area contributed by atoms with Crippen molar-refractivity contribution in [1.29, 1.82) is 0 Å². The summed E-state index contributed by atoms with van der Waals surface area (Å²) >= 11 is 5.81. The Kier molecular flexibility index (Phi) is 3.80. The first-order valence-electron chi connectivity index (χ1n) is 5.62. The Labute approximate surface area is 117 Å². The van der Waals surface area contributed by atoms with Gasteiger partial charge in [0.2, 0.25) is 0 Å². The highest BCUT2D eigenvalue weighted by atomic mass is 35.5. The van der Waals surface area contributed by atoms with Crippen LogP contribution < -0.4 is 10.5 Å². The second kappa shape index (κ2) is 5.24. The van der Waals surface area contributed by atoms with Crippen molar-refractivity contribution >= 4 is 17.4 Å². The van der Waals surface area contributed by atoms with Crippen LogP contribution in [0.15, 0.2) is 30.5 Å². The van der Waals surface area contributed by atoms with Crippen LogP contribution in [0.4, 0.5) is 19.0 Å². The summed E-state index contributed by atoms with van der Waals surface area (Å²) in [5, 5.41) is 4.35. The SMILES string of the molecule is CC(c1ccc(OC(F)(F)F)cc1)n1ncc(Cl)c1N. The van der Waals surface area contributed by atoms with E-state index in [9.17, 15) is 13.2 Å². The van der Waals surface area contributed by atoms with Gasteiger partial charge in [-0.3, -0.25) is 0 Å². The van der Waals surface area contributed by atoms with Crippen molar-refractivity contribution in [3.05, 3.63) is 41.0 Å². The second-order valence-corrected chi connectivity index (χ2v) is 4.52. The molecular weight excluding hydrogens is 295 g/mol. The van der Waals surface area contributed by atoms with E-state index in [0.29, 0.717) is 10.8 Å². The molecule has 0 aliphatic carbocycles. The molecule has 1 unspecified atom stereocenters. The molecule has 0 bridgehead atoms. The molecule has 0 saturated carbocycles. The zero-order valence-electron chi connectivity index (χ0n) is 10.4. The summed E-state index contributed by atoms with van der Waals surface area (Å²) in [6.07, 6.45) is -3.29. The first-order valence-corrected chi connectivity index (χ1v) is 6.00. The Morgan fingerprint density at radius 1 is 1.30 bits per heavy atom. The number of halogens is 4. The number of alkyl halides is 3. The minimum absolute atomic E-state index is 0.262. The molecule has 20 heavy (non-hydrogen) atoms. The largest absolute Gasteiger partial charge is 0.573 e. The summed E-state index contributed by atoms with van der Waals surface area (Å²) in [7, 11) is 0. The van der Waals surface area contributed by atoms with Crippen molar-refractivity contribution in [1.82, 2.24) is 9.78 Å². The molecule has 0 radical (unpaired) electrons. The second-order valence-electron chi connectivity index (χ2n) is 4.12. The van der Waals surface area contributed by atoms with Gasteiger partial charge < -0.3 is 10.5 Å². The number of aromatic nitrogens is 2. The predicted molar refractivity (Wildman–Crippen MR) is 68.6 cm³/mol. The van der Waals surface area contributed by atoms with Gasteiger partial charge in [-0.2, -0.15) is 5.10 Å². The maximum Gasteiger partial charge on any atom is 0.573 e. The van der Waals surface area contributed by atoms with E-state index in [1.165, 1.54) is 35.1 Å². The number of hydrogen-bond donors (Lipinski definition) is 1. The smallest absolute Gasteiger partial charge is 0.406 e. The number of anilines is 1. The van der Waals surface area contributed by atoms with Crippen molar-refractivity contribution in [3.63, 3.8) is 0 Å². The summed E-state index contributed by atoms with van der Waals surface area (Å²) in [4.78, 5) is 0. The van der Waals surface area contributed by atoms with Gasteiger partial charge in [0.05, 0.1) is 12.2 Å². The van der Waals surface area contributed by atoms with Crippen LogP contribution in [-0.2, 0) is 0 Å². The molecule has 2 N–H and O–H groups in total. The summed E-state index contributed by atoms with van der Waals surface area (Å²) in [6, 6.07) is 5.24. The molecule has 1 aromatic carbocycles. The van der Waals surface area contributed by atoms with Crippen molar-refractivity contribution in [2.45, 2.75) is 19.3 Å². The van der Waals surface area contributed by atoms with E-state index >= 15 is 0 Å². The Bertz CT molecular complexity index is 595. The zero-order chi connectivity index (χ0) is 14.9. The summed E-state index contributed by atoms with van der Waals surface area (Å²) < 4.78 is 41.5. The van der Waals surface area contributed by atoms with Crippen LogP contribution in [0.1, 0.15) is 18.5 Å². The number of rotatable bonds is 3. The Morgan fingerprint density at radius 2 is 1.90 bits per heavy atom. The van der Waals surface area contributed by atoms with Crippen LogP contribution in [0, 0.1) is 0 Å². The van der Waals surface area contributed by atoms with Crippen LogP contribution in [0.25, 0.3) is 0 Å². The number of hydrogen-bond acceptors (Lipinski definition) is 3. The highest BCUT2D eigenvalue weighted by molar-refractivity contribution is 6.32. The van der Waals surface area contributed by atoms with E-state index < -0.39 is 6.36 Å². The third-order valence-corrected chi connectivity index (χ3v) is 3.04. The van der Waals surface area contributed by atoms with Gasteiger partial charge in [-0.1, -0.05) is 23.7 Å². The minimum Gasteiger partial charge on any atom is -0.406 e. The number of ether oxygens (including phenoxy) is 1. The van der Waals surface area contributed by atoms with Crippen molar-refractivity contribution in [2.24, 2.45) is 0 Å². The topological polar surface area (TPSA) is 53.1 Å². The average Bonchev–Trinajstić information content (AvgIpc) is 2.68. The lowest BCUT2D eigenvalue weighted by atomic mass is 10.1. The van der Waals surface area contributed by atoms with E-state index in [4.69, 9.17) is 17.3 Å². The quantitative estimate of drug-likeness (QED) is 0.942. The normalized spacial score (nSPS) is 13.2. The molecule has 2 rings (SSSR count). The molecule has 0 aliphatic rings. The standard InChI is InChI=1S/C12H11ClF3N3O/c1-7(19-11(17)10(13)6-18-19)8-2-4-9(5-3-8)20-12(14,15)16/h2-7H,17H2,1H3. The van der Waals surface area contributed by atoms with E-state index in [1.807, 2.05) is 0 Å². The first kappa shape index (κ1) is 14.5. The zero-order valence-corrected chi connectivity index (χ0v) is 11.1. The average molecular weight is 306 g/mol. The van der Waals surface area contributed by atoms with Crippen LogP contribution in [0.3, 0.4) is 0 Å². The molecule has 1 heterocycles.